The van der Waals surface area contributed by atoms with Crippen LogP contribution in [-0.4, -0.2) is 168 Å². The average Bonchev–Trinajstić information content (AvgIpc) is 3.06. The zero-order valence-corrected chi connectivity index (χ0v) is 37.1. The molecule has 0 aliphatic carbocycles. The number of hydrogen-bond acceptors (Lipinski definition) is 14. The number of carbonyl (C=O) groups is 5. The fourth-order valence-electron chi connectivity index (χ4n) is 0.430. The Morgan fingerprint density at radius 3 is 0.906 bits per heavy atom. The Kier molecular flexibility index (Phi) is 97.5. The highest BCUT2D eigenvalue weighted by molar-refractivity contribution is 7.89. The van der Waals surface area contributed by atoms with Gasteiger partial charge in [0.25, 0.3) is 6.02 Å². The number of guanidine groups is 1. The van der Waals surface area contributed by atoms with Crippen LogP contribution in [0.1, 0.15) is 35.1 Å². The molecule has 1 unspecified atom stereocenters. The Bertz CT molecular complexity index is 957. The molecule has 0 aromatic rings. The highest BCUT2D eigenvalue weighted by Gasteiger charge is 1.85. The molecule has 22 nitrogen and oxygen atoms in total. The molecule has 25 heteroatoms. The van der Waals surface area contributed by atoms with Crippen LogP contribution in [0, 0.1) is 0 Å². The van der Waals surface area contributed by atoms with Crippen LogP contribution in [0.3, 0.4) is 0 Å². The van der Waals surface area contributed by atoms with Gasteiger partial charge in [-0.1, -0.05) is 7.43 Å². The number of esters is 1. The van der Waals surface area contributed by atoms with Crippen molar-refractivity contribution in [3.63, 3.8) is 0 Å². The van der Waals surface area contributed by atoms with Gasteiger partial charge in [-0.25, -0.2) is 31.9 Å². The van der Waals surface area contributed by atoms with Crippen molar-refractivity contribution in [2.45, 2.75) is 35.1 Å². The van der Waals surface area contributed by atoms with Gasteiger partial charge in [0.1, 0.15) is 15.6 Å². The maximum atomic E-state index is 9.96. The highest BCUT2D eigenvalue weighted by Crippen LogP contribution is 1.63. The number of aliphatic imine (C=N–C) groups is 2. The molecule has 0 aromatic carbocycles. The zero-order chi connectivity index (χ0) is 44.5. The summed E-state index contributed by atoms with van der Waals surface area (Å²) in [5.41, 5.74) is 10.1. The molecule has 4 amide bonds. The number of sulfone groups is 1. The van der Waals surface area contributed by atoms with Crippen molar-refractivity contribution in [1.82, 2.24) is 31.3 Å². The molecule has 1 atom stereocenters. The molecule has 0 aliphatic rings. The highest BCUT2D eigenvalue weighted by atomic mass is 32.2. The number of urea groups is 1. The minimum absolute atomic E-state index is 0. The lowest BCUT2D eigenvalue weighted by molar-refractivity contribution is -0.138. The number of nitrogens with zero attached hydrogens (tertiary/aromatic N) is 2. The second-order valence-electron chi connectivity index (χ2n) is 8.15. The van der Waals surface area contributed by atoms with E-state index in [0.29, 0.717) is 5.96 Å². The molecule has 10 N–H and O–H groups in total. The number of carbonyl (C=O) groups excluding carboxylic acids is 5. The zero-order valence-electron chi connectivity index (χ0n) is 34.7. The summed E-state index contributed by atoms with van der Waals surface area (Å²) in [5.74, 6) is 0.394. The van der Waals surface area contributed by atoms with Gasteiger partial charge >= 0.3 is 18.1 Å². The van der Waals surface area contributed by atoms with Crippen molar-refractivity contribution in [2.24, 2.45) is 21.5 Å². The summed E-state index contributed by atoms with van der Waals surface area (Å²) >= 11 is 0. The molecule has 0 bridgehead atoms. The van der Waals surface area contributed by atoms with Crippen LogP contribution >= 0.6 is 0 Å². The van der Waals surface area contributed by atoms with Crippen LogP contribution in [0.25, 0.3) is 0 Å². The Balaban J connectivity index is -0.0000000411. The normalized spacial score (nSPS) is 9.08. The van der Waals surface area contributed by atoms with Crippen molar-refractivity contribution < 1.29 is 55.0 Å². The molecule has 0 saturated carbocycles. The first kappa shape index (κ1) is 78.1. The molecular formula is C28H74N10O12S3. The fourth-order valence-corrected chi connectivity index (χ4v) is 0.430. The van der Waals surface area contributed by atoms with Crippen LogP contribution in [0.4, 0.5) is 9.59 Å². The number of nitrogens with one attached hydrogen (secondary N) is 6. The molecule has 0 aliphatic heterocycles. The predicted molar refractivity (Wildman–Crippen MR) is 221 cm³/mol. The Labute approximate surface area is 324 Å². The number of alkyl carbamates (subject to hydrolysis) is 1. The third-order valence-electron chi connectivity index (χ3n) is 2.70. The molecule has 0 heterocycles. The first-order chi connectivity index (χ1) is 23.5. The lowest BCUT2D eigenvalue weighted by Crippen LogP contribution is -2.28. The van der Waals surface area contributed by atoms with E-state index in [4.69, 9.17) is 11.5 Å². The van der Waals surface area contributed by atoms with E-state index in [1.165, 1.54) is 56.1 Å². The van der Waals surface area contributed by atoms with Crippen molar-refractivity contribution in [1.29, 1.82) is 0 Å². The monoisotopic (exact) mass is 838 g/mol. The number of methoxy groups -OCH3 is 3. The van der Waals surface area contributed by atoms with Gasteiger partial charge in [0.2, 0.25) is 5.91 Å². The smallest absolute Gasteiger partial charge is 0.406 e. The molecule has 0 radical (unpaired) electrons. The molecule has 0 aromatic heterocycles. The molecule has 0 rings (SSSR count). The quantitative estimate of drug-likeness (QED) is 0.0852. The number of ether oxygens (including phenoxy) is 3. The lowest BCUT2D eigenvalue weighted by atomic mass is 10.6. The minimum Gasteiger partial charge on any atom is -0.469 e. The average molecular weight is 839 g/mol. The molecule has 0 saturated heterocycles. The molecule has 53 heavy (non-hydrogen) atoms. The van der Waals surface area contributed by atoms with Gasteiger partial charge in [-0.05, 0) is 20.9 Å². The first-order valence-corrected chi connectivity index (χ1v) is 19.8. The van der Waals surface area contributed by atoms with Crippen molar-refractivity contribution >= 4 is 73.4 Å². The van der Waals surface area contributed by atoms with Crippen molar-refractivity contribution in [2.75, 3.05) is 109 Å². The van der Waals surface area contributed by atoms with Gasteiger partial charge in [0.15, 0.2) is 5.96 Å². The third-order valence-corrected chi connectivity index (χ3v) is 3.27. The number of hydrogen-bond donors (Lipinski definition) is 8. The Hall–Kier alpha value is -4.10. The minimum atomic E-state index is -2.67. The van der Waals surface area contributed by atoms with E-state index in [1.54, 1.807) is 68.1 Å². The molecule has 0 fully saturated rings. The van der Waals surface area contributed by atoms with Crippen LogP contribution in [0.15, 0.2) is 9.98 Å². The number of amides is 4. The molecular weight excluding hydrogens is 765 g/mol. The largest absolute Gasteiger partial charge is 0.469 e. The van der Waals surface area contributed by atoms with Gasteiger partial charge in [0, 0.05) is 105 Å². The summed E-state index contributed by atoms with van der Waals surface area (Å²) in [6.45, 7) is 5.89. The van der Waals surface area contributed by atoms with E-state index in [-0.39, 0.29) is 37.1 Å². The van der Waals surface area contributed by atoms with Gasteiger partial charge in [-0.2, -0.15) is 0 Å². The maximum Gasteiger partial charge on any atom is 0.406 e. The Morgan fingerprint density at radius 2 is 0.906 bits per heavy atom. The van der Waals surface area contributed by atoms with Crippen LogP contribution in [0.2, 0.25) is 0 Å². The van der Waals surface area contributed by atoms with Crippen molar-refractivity contribution in [3.8, 4) is 0 Å². The lowest BCUT2D eigenvalue weighted by Gasteiger charge is -1.91. The summed E-state index contributed by atoms with van der Waals surface area (Å²) < 4.78 is 53.8. The second-order valence-corrected chi connectivity index (χ2v) is 13.2. The van der Waals surface area contributed by atoms with Gasteiger partial charge < -0.3 is 57.1 Å². The third kappa shape index (κ3) is 315. The second kappa shape index (κ2) is 66.2. The molecule has 0 spiro atoms. The number of ketones is 1. The fraction of sp³-hybridized carbons (Fsp3) is 0.750. The summed E-state index contributed by atoms with van der Waals surface area (Å²) in [5, 5.41) is 12.0. The topological polar surface area (TPSA) is 330 Å². The van der Waals surface area contributed by atoms with E-state index < -0.39 is 37.7 Å². The van der Waals surface area contributed by atoms with E-state index in [1.807, 2.05) is 0 Å². The summed E-state index contributed by atoms with van der Waals surface area (Å²) in [7, 11) is 12.9. The summed E-state index contributed by atoms with van der Waals surface area (Å²) in [4.78, 5) is 55.6. The van der Waals surface area contributed by atoms with E-state index >= 15 is 0 Å². The van der Waals surface area contributed by atoms with E-state index in [2.05, 4.69) is 55.5 Å². The van der Waals surface area contributed by atoms with E-state index in [9.17, 15) is 40.8 Å². The predicted octanol–water partition coefficient (Wildman–Crippen LogP) is -1.44. The van der Waals surface area contributed by atoms with E-state index in [0.717, 1.165) is 12.5 Å². The van der Waals surface area contributed by atoms with Crippen LogP contribution in [-0.2, 0) is 60.2 Å². The molecule has 326 valence electrons. The summed E-state index contributed by atoms with van der Waals surface area (Å²) in [6.07, 6.45) is 6.77. The number of Topliss-reactive ketones (excluding diaryl/α,β-unsaturated/α-hetero) is 1. The maximum absolute atomic E-state index is 9.96. The van der Waals surface area contributed by atoms with Crippen molar-refractivity contribution in [3.05, 3.63) is 0 Å². The number of rotatable bonds is 1. The standard InChI is InChI=1S/C3H9N3.2C3H8N2O.C3H7NO2.C3H7NO.C3H6O2.C3H6O.C2H7NOS.C2H6O2S.C2H6OS.CH4/c2*1-5-3(4)6-2;1-4-3(6)5-2;1-4-3(5)6-2;1-3(5)4-2;1-3(4)5-2;1-3(2)4;1-3-5(2)4;1-5(2,3)4;1-4(2)3;/h1-2H3,(H3,4,5,6);1-2H3,(H2,4,5);1-2H3,(H2,4,5,6);1-2H3,(H,4,5);1-2H3,(H,4,5);1-2H3;1-2H3;3H,1-2H3;1-2H3;1-2H3;1H4. The SMILES string of the molecule is C.CC(C)=O.CN=C(N)NC.CN=C(N)OC.CNC(=O)NC.CNC(=O)OC.CNC(C)=O.CNS(C)=O.COC(C)=O.CS(C)(=O)=O.CS(C)=O. The number of nitrogens with two attached hydrogens (primary N) is 2. The van der Waals surface area contributed by atoms with Crippen LogP contribution in [0.5, 0.6) is 0 Å². The van der Waals surface area contributed by atoms with Crippen LogP contribution < -0.4 is 42.8 Å². The first-order valence-electron chi connectivity index (χ1n) is 13.9. The summed E-state index contributed by atoms with van der Waals surface area (Å²) in [6, 6.07) is 0.0602. The number of amidine groups is 1. The van der Waals surface area contributed by atoms with Gasteiger partial charge in [0.05, 0.1) is 32.3 Å². The van der Waals surface area contributed by atoms with Gasteiger partial charge in [-0.15, -0.1) is 0 Å². The van der Waals surface area contributed by atoms with Gasteiger partial charge in [-0.3, -0.25) is 18.8 Å². The Morgan fingerprint density at radius 1 is 0.642 bits per heavy atom.